The first-order valence-electron chi connectivity index (χ1n) is 10.1. The van der Waals surface area contributed by atoms with Gasteiger partial charge in [0, 0.05) is 57.0 Å². The third-order valence-corrected chi connectivity index (χ3v) is 5.26. The summed E-state index contributed by atoms with van der Waals surface area (Å²) in [5.41, 5.74) is 1.80. The minimum Gasteiger partial charge on any atom is -0.361 e. The summed E-state index contributed by atoms with van der Waals surface area (Å²) in [7, 11) is 1.81. The second-order valence-corrected chi connectivity index (χ2v) is 7.69. The summed E-state index contributed by atoms with van der Waals surface area (Å²) >= 11 is 0. The van der Waals surface area contributed by atoms with Crippen LogP contribution in [0.1, 0.15) is 42.7 Å². The van der Waals surface area contributed by atoms with Crippen molar-refractivity contribution in [1.82, 2.24) is 25.7 Å². The molecule has 3 heterocycles. The largest absolute Gasteiger partial charge is 0.361 e. The van der Waals surface area contributed by atoms with Crippen molar-refractivity contribution in [2.24, 2.45) is 5.92 Å². The highest BCUT2D eigenvalue weighted by molar-refractivity contribution is 5.85. The Labute approximate surface area is 171 Å². The van der Waals surface area contributed by atoms with Crippen LogP contribution in [-0.4, -0.2) is 46.5 Å². The molecule has 2 atom stereocenters. The van der Waals surface area contributed by atoms with Crippen LogP contribution in [0.3, 0.4) is 0 Å². The summed E-state index contributed by atoms with van der Waals surface area (Å²) in [6.45, 7) is 3.46. The highest BCUT2D eigenvalue weighted by Crippen LogP contribution is 2.19. The van der Waals surface area contributed by atoms with Gasteiger partial charge in [-0.15, -0.1) is 0 Å². The third kappa shape index (κ3) is 6.39. The summed E-state index contributed by atoms with van der Waals surface area (Å²) in [6, 6.07) is 5.92. The Balaban J connectivity index is 1.53. The van der Waals surface area contributed by atoms with Gasteiger partial charge in [0.2, 0.25) is 11.8 Å². The van der Waals surface area contributed by atoms with Crippen molar-refractivity contribution in [3.05, 3.63) is 47.6 Å². The van der Waals surface area contributed by atoms with Gasteiger partial charge in [0.1, 0.15) is 11.5 Å². The predicted molar refractivity (Wildman–Crippen MR) is 108 cm³/mol. The van der Waals surface area contributed by atoms with Gasteiger partial charge in [-0.05, 0) is 31.4 Å². The van der Waals surface area contributed by atoms with Gasteiger partial charge < -0.3 is 20.1 Å². The van der Waals surface area contributed by atoms with Crippen LogP contribution in [-0.2, 0) is 22.7 Å². The van der Waals surface area contributed by atoms with Crippen LogP contribution in [0.25, 0.3) is 0 Å². The molecule has 0 spiro atoms. The Morgan fingerprint density at radius 2 is 2.21 bits per heavy atom. The highest BCUT2D eigenvalue weighted by Gasteiger charge is 2.27. The Morgan fingerprint density at radius 1 is 1.34 bits per heavy atom. The summed E-state index contributed by atoms with van der Waals surface area (Å²) in [6.07, 6.45) is 6.31. The number of carbonyl (C=O) groups is 2. The second-order valence-electron chi connectivity index (χ2n) is 7.69. The quantitative estimate of drug-likeness (QED) is 0.768. The van der Waals surface area contributed by atoms with Crippen molar-refractivity contribution in [2.75, 3.05) is 13.6 Å². The van der Waals surface area contributed by atoms with E-state index in [1.54, 1.807) is 24.2 Å². The van der Waals surface area contributed by atoms with E-state index in [0.717, 1.165) is 18.4 Å². The van der Waals surface area contributed by atoms with Crippen LogP contribution in [0.15, 0.2) is 35.1 Å². The van der Waals surface area contributed by atoms with Gasteiger partial charge in [0.05, 0.1) is 6.54 Å². The number of hydrogen-bond donors (Lipinski definition) is 2. The number of amides is 2. The number of rotatable bonds is 6. The fourth-order valence-electron chi connectivity index (χ4n) is 3.58. The van der Waals surface area contributed by atoms with E-state index in [1.807, 2.05) is 25.3 Å². The van der Waals surface area contributed by atoms with Crippen LogP contribution >= 0.6 is 0 Å². The normalized spacial score (nSPS) is 20.6. The van der Waals surface area contributed by atoms with Crippen molar-refractivity contribution < 1.29 is 14.1 Å². The number of aromatic nitrogens is 2. The molecule has 0 unspecified atom stereocenters. The highest BCUT2D eigenvalue weighted by atomic mass is 16.5. The van der Waals surface area contributed by atoms with E-state index in [2.05, 4.69) is 20.8 Å². The lowest BCUT2D eigenvalue weighted by Crippen LogP contribution is -2.41. The van der Waals surface area contributed by atoms with Gasteiger partial charge in [0.25, 0.3) is 0 Å². The molecule has 1 aliphatic rings. The molecule has 1 fully saturated rings. The number of carbonyl (C=O) groups excluding carboxylic acids is 2. The molecule has 8 nitrogen and oxygen atoms in total. The summed E-state index contributed by atoms with van der Waals surface area (Å²) in [5, 5.41) is 10.3. The molecule has 0 bridgehead atoms. The summed E-state index contributed by atoms with van der Waals surface area (Å²) in [5.74, 6) is 0.278. The van der Waals surface area contributed by atoms with Crippen LogP contribution in [0, 0.1) is 12.8 Å². The minimum absolute atomic E-state index is 0.00231. The van der Waals surface area contributed by atoms with E-state index in [9.17, 15) is 9.59 Å². The van der Waals surface area contributed by atoms with Crippen molar-refractivity contribution in [3.8, 4) is 0 Å². The Kier molecular flexibility index (Phi) is 7.35. The average Bonchev–Trinajstić information content (AvgIpc) is 3.16. The van der Waals surface area contributed by atoms with Crippen molar-refractivity contribution in [1.29, 1.82) is 0 Å². The Hall–Kier alpha value is -2.74. The smallest absolute Gasteiger partial charge is 0.223 e. The van der Waals surface area contributed by atoms with E-state index < -0.39 is 0 Å². The van der Waals surface area contributed by atoms with Gasteiger partial charge in [-0.1, -0.05) is 17.6 Å². The molecular weight excluding hydrogens is 370 g/mol. The van der Waals surface area contributed by atoms with Crippen LogP contribution < -0.4 is 10.6 Å². The van der Waals surface area contributed by atoms with E-state index >= 15 is 0 Å². The van der Waals surface area contributed by atoms with Gasteiger partial charge in [-0.25, -0.2) is 0 Å². The van der Waals surface area contributed by atoms with Gasteiger partial charge in [-0.2, -0.15) is 0 Å². The SMILES string of the molecule is Cc1cc(CNC(=O)[C@@H]2CCC[C@@H](NCc3cccnc3)CN(C)C(=O)C2)no1. The van der Waals surface area contributed by atoms with E-state index in [-0.39, 0.29) is 30.2 Å². The molecule has 2 aromatic heterocycles. The Morgan fingerprint density at radius 3 is 2.93 bits per heavy atom. The predicted octanol–water partition coefficient (Wildman–Crippen LogP) is 1.80. The lowest BCUT2D eigenvalue weighted by molar-refractivity contribution is -0.135. The standard InChI is InChI=1S/C21H29N5O3/c1-15-9-19(25-29-15)13-24-21(28)17-6-3-7-18(14-26(2)20(27)10-17)23-12-16-5-4-8-22-11-16/h4-5,8-9,11,17-18,23H,3,6-7,10,12-14H2,1-2H3,(H,24,28)/t17-,18-/m1/s1. The molecule has 1 aliphatic heterocycles. The summed E-state index contributed by atoms with van der Waals surface area (Å²) in [4.78, 5) is 31.1. The van der Waals surface area contributed by atoms with E-state index in [1.165, 1.54) is 0 Å². The van der Waals surface area contributed by atoms with Crippen molar-refractivity contribution in [3.63, 3.8) is 0 Å². The number of pyridine rings is 1. The molecule has 2 amide bonds. The molecule has 2 aromatic rings. The van der Waals surface area contributed by atoms with Gasteiger partial charge in [0.15, 0.2) is 0 Å². The molecule has 8 heteroatoms. The lowest BCUT2D eigenvalue weighted by atomic mass is 9.96. The fraction of sp³-hybridized carbons (Fsp3) is 0.524. The van der Waals surface area contributed by atoms with Crippen molar-refractivity contribution >= 4 is 11.8 Å². The number of nitrogens with zero attached hydrogens (tertiary/aromatic N) is 3. The molecule has 2 N–H and O–H groups in total. The summed E-state index contributed by atoms with van der Waals surface area (Å²) < 4.78 is 5.02. The minimum atomic E-state index is -0.324. The third-order valence-electron chi connectivity index (χ3n) is 5.26. The monoisotopic (exact) mass is 399 g/mol. The molecule has 156 valence electrons. The molecular formula is C21H29N5O3. The number of likely N-dealkylation sites (N-methyl/N-ethyl adjacent to an activating group) is 1. The van der Waals surface area contributed by atoms with Crippen molar-refractivity contribution in [2.45, 2.75) is 51.7 Å². The maximum atomic E-state index is 12.6. The first-order chi connectivity index (χ1) is 14.0. The average molecular weight is 399 g/mol. The number of hydrogen-bond acceptors (Lipinski definition) is 6. The van der Waals surface area contributed by atoms with E-state index in [4.69, 9.17) is 4.52 Å². The van der Waals surface area contributed by atoms with E-state index in [0.29, 0.717) is 37.5 Å². The zero-order valence-electron chi connectivity index (χ0n) is 17.1. The molecule has 3 rings (SSSR count). The molecule has 0 radical (unpaired) electrons. The lowest BCUT2D eigenvalue weighted by Gasteiger charge is -2.24. The zero-order chi connectivity index (χ0) is 20.6. The van der Waals surface area contributed by atoms with Crippen LogP contribution in [0.5, 0.6) is 0 Å². The molecule has 0 saturated carbocycles. The van der Waals surface area contributed by atoms with Gasteiger partial charge >= 0.3 is 0 Å². The Bertz CT molecular complexity index is 808. The van der Waals surface area contributed by atoms with Crippen LogP contribution in [0.4, 0.5) is 0 Å². The van der Waals surface area contributed by atoms with Crippen LogP contribution in [0.2, 0.25) is 0 Å². The molecule has 1 saturated heterocycles. The first kappa shape index (κ1) is 21.0. The topological polar surface area (TPSA) is 100 Å². The van der Waals surface area contributed by atoms with Gasteiger partial charge in [-0.3, -0.25) is 14.6 Å². The maximum Gasteiger partial charge on any atom is 0.223 e. The number of aryl methyl sites for hydroxylation is 1. The molecule has 0 aromatic carbocycles. The first-order valence-corrected chi connectivity index (χ1v) is 10.1. The second kappa shape index (κ2) is 10.2. The maximum absolute atomic E-state index is 12.6. The number of nitrogens with one attached hydrogen (secondary N) is 2. The fourth-order valence-corrected chi connectivity index (χ4v) is 3.58. The molecule has 0 aliphatic carbocycles. The molecule has 29 heavy (non-hydrogen) atoms. The zero-order valence-corrected chi connectivity index (χ0v) is 17.1.